The number of hydrogen-bond donors (Lipinski definition) is 0. The third-order valence-corrected chi connectivity index (χ3v) is 5.03. The van der Waals surface area contributed by atoms with Crippen molar-refractivity contribution in [1.29, 1.82) is 0 Å². The topological polar surface area (TPSA) is 41.5 Å². The van der Waals surface area contributed by atoms with Crippen LogP contribution >= 0.6 is 0 Å². The third-order valence-electron chi connectivity index (χ3n) is 5.03. The van der Waals surface area contributed by atoms with E-state index in [-0.39, 0.29) is 0 Å². The van der Waals surface area contributed by atoms with E-state index in [9.17, 15) is 0 Å². The molecule has 4 rings (SSSR count). The molecular formula is C19H24N4O. The molecule has 0 N–H and O–H groups in total. The van der Waals surface area contributed by atoms with Gasteiger partial charge < -0.3 is 4.74 Å². The smallest absolute Gasteiger partial charge is 0.0755 e. The molecule has 4 heterocycles. The van der Waals surface area contributed by atoms with Gasteiger partial charge in [0.05, 0.1) is 18.4 Å². The Labute approximate surface area is 143 Å². The van der Waals surface area contributed by atoms with Crippen molar-refractivity contribution < 1.29 is 4.74 Å². The Morgan fingerprint density at radius 3 is 2.79 bits per heavy atom. The molecule has 2 saturated heterocycles. The van der Waals surface area contributed by atoms with Crippen LogP contribution in [0.5, 0.6) is 0 Å². The first-order valence-corrected chi connectivity index (χ1v) is 8.75. The fourth-order valence-electron chi connectivity index (χ4n) is 3.79. The molecule has 0 bridgehead atoms. The van der Waals surface area contributed by atoms with Crippen molar-refractivity contribution in [3.05, 3.63) is 60.2 Å². The zero-order valence-corrected chi connectivity index (χ0v) is 13.9. The molecule has 24 heavy (non-hydrogen) atoms. The number of ether oxygens (including phenoxy) is 1. The Bertz CT molecular complexity index is 636. The van der Waals surface area contributed by atoms with Crippen molar-refractivity contribution in [2.45, 2.75) is 31.7 Å². The van der Waals surface area contributed by atoms with Crippen molar-refractivity contribution in [3.8, 4) is 0 Å². The average Bonchev–Trinajstić information content (AvgIpc) is 2.64. The predicted molar refractivity (Wildman–Crippen MR) is 92.3 cm³/mol. The van der Waals surface area contributed by atoms with E-state index < -0.39 is 0 Å². The largest absolute Gasteiger partial charge is 0.375 e. The molecule has 2 aliphatic heterocycles. The molecule has 0 amide bonds. The monoisotopic (exact) mass is 324 g/mol. The summed E-state index contributed by atoms with van der Waals surface area (Å²) in [5.74, 6) is 0. The molecule has 2 aromatic heterocycles. The van der Waals surface area contributed by atoms with Crippen LogP contribution in [0.25, 0.3) is 0 Å². The summed E-state index contributed by atoms with van der Waals surface area (Å²) in [6.45, 7) is 5.87. The first-order valence-electron chi connectivity index (χ1n) is 8.75. The van der Waals surface area contributed by atoms with E-state index in [1.165, 1.54) is 5.56 Å². The zero-order valence-electron chi connectivity index (χ0n) is 13.9. The van der Waals surface area contributed by atoms with E-state index in [2.05, 4.69) is 44.0 Å². The lowest BCUT2D eigenvalue weighted by atomic mass is 9.98. The molecule has 2 aromatic rings. The second-order valence-corrected chi connectivity index (χ2v) is 6.65. The van der Waals surface area contributed by atoms with Gasteiger partial charge in [-0.3, -0.25) is 19.8 Å². The van der Waals surface area contributed by atoms with Crippen LogP contribution in [0.2, 0.25) is 0 Å². The SMILES string of the molecule is c1ccc(CN2CC[C@@H]3OCCN(Cc4ccncc4)[C@H]3C2)nc1. The Kier molecular flexibility index (Phi) is 4.83. The molecule has 0 unspecified atom stereocenters. The van der Waals surface area contributed by atoms with Crippen LogP contribution in [0.3, 0.4) is 0 Å². The molecule has 0 radical (unpaired) electrons. The quantitative estimate of drug-likeness (QED) is 0.860. The molecule has 2 aliphatic rings. The molecular weight excluding hydrogens is 300 g/mol. The summed E-state index contributed by atoms with van der Waals surface area (Å²) in [5, 5.41) is 0. The standard InChI is InChI=1S/C19H24N4O/c1-2-7-21-17(3-1)14-22-10-6-19-18(15-22)23(11-12-24-19)13-16-4-8-20-9-5-16/h1-5,7-9,18-19H,6,10-15H2/t18-,19-/m0/s1. The van der Waals surface area contributed by atoms with Crippen LogP contribution in [0.4, 0.5) is 0 Å². The minimum Gasteiger partial charge on any atom is -0.375 e. The van der Waals surface area contributed by atoms with Crippen LogP contribution in [0.1, 0.15) is 17.7 Å². The minimum absolute atomic E-state index is 0.362. The minimum atomic E-state index is 0.362. The molecule has 0 spiro atoms. The van der Waals surface area contributed by atoms with E-state index >= 15 is 0 Å². The number of morpholine rings is 1. The van der Waals surface area contributed by atoms with Gasteiger partial charge in [-0.25, -0.2) is 0 Å². The number of nitrogens with zero attached hydrogens (tertiary/aromatic N) is 4. The van der Waals surface area contributed by atoms with Crippen LogP contribution in [-0.2, 0) is 17.8 Å². The van der Waals surface area contributed by atoms with Crippen molar-refractivity contribution in [2.24, 2.45) is 0 Å². The second-order valence-electron chi connectivity index (χ2n) is 6.65. The number of hydrogen-bond acceptors (Lipinski definition) is 5. The molecule has 126 valence electrons. The Morgan fingerprint density at radius 1 is 1.04 bits per heavy atom. The number of aromatic nitrogens is 2. The van der Waals surface area contributed by atoms with Crippen LogP contribution in [0.15, 0.2) is 48.9 Å². The summed E-state index contributed by atoms with van der Waals surface area (Å²) in [4.78, 5) is 13.7. The van der Waals surface area contributed by atoms with Crippen LogP contribution in [-0.4, -0.2) is 58.2 Å². The van der Waals surface area contributed by atoms with E-state index in [1.54, 1.807) is 0 Å². The van der Waals surface area contributed by atoms with Gasteiger partial charge in [0.1, 0.15) is 0 Å². The van der Waals surface area contributed by atoms with Crippen molar-refractivity contribution in [2.75, 3.05) is 26.2 Å². The summed E-state index contributed by atoms with van der Waals surface area (Å²) in [5.41, 5.74) is 2.47. The van der Waals surface area contributed by atoms with Gasteiger partial charge in [-0.15, -0.1) is 0 Å². The van der Waals surface area contributed by atoms with Gasteiger partial charge in [-0.05, 0) is 36.2 Å². The summed E-state index contributed by atoms with van der Waals surface area (Å²) >= 11 is 0. The highest BCUT2D eigenvalue weighted by Gasteiger charge is 2.36. The van der Waals surface area contributed by atoms with Gasteiger partial charge in [0, 0.05) is 57.4 Å². The average molecular weight is 324 g/mol. The Morgan fingerprint density at radius 2 is 1.96 bits per heavy atom. The number of piperidine rings is 1. The number of rotatable bonds is 4. The number of likely N-dealkylation sites (tertiary alicyclic amines) is 1. The molecule has 0 saturated carbocycles. The maximum atomic E-state index is 6.05. The zero-order chi connectivity index (χ0) is 16.2. The lowest BCUT2D eigenvalue weighted by molar-refractivity contribution is -0.107. The summed E-state index contributed by atoms with van der Waals surface area (Å²) in [7, 11) is 0. The van der Waals surface area contributed by atoms with Gasteiger partial charge in [0.15, 0.2) is 0 Å². The van der Waals surface area contributed by atoms with Gasteiger partial charge in [-0.2, -0.15) is 0 Å². The molecule has 0 aliphatic carbocycles. The Balaban J connectivity index is 1.43. The fourth-order valence-corrected chi connectivity index (χ4v) is 3.79. The summed E-state index contributed by atoms with van der Waals surface area (Å²) in [6.07, 6.45) is 7.09. The number of fused-ring (bicyclic) bond motifs is 1. The highest BCUT2D eigenvalue weighted by Crippen LogP contribution is 2.25. The van der Waals surface area contributed by atoms with Gasteiger partial charge in [0.2, 0.25) is 0 Å². The van der Waals surface area contributed by atoms with Gasteiger partial charge in [-0.1, -0.05) is 6.07 Å². The highest BCUT2D eigenvalue weighted by molar-refractivity contribution is 5.10. The van der Waals surface area contributed by atoms with E-state index in [0.29, 0.717) is 12.1 Å². The lowest BCUT2D eigenvalue weighted by Crippen LogP contribution is -2.59. The number of pyridine rings is 2. The highest BCUT2D eigenvalue weighted by atomic mass is 16.5. The normalized spacial score (nSPS) is 25.3. The summed E-state index contributed by atoms with van der Waals surface area (Å²) in [6, 6.07) is 10.8. The van der Waals surface area contributed by atoms with Gasteiger partial charge >= 0.3 is 0 Å². The fraction of sp³-hybridized carbons (Fsp3) is 0.474. The Hall–Kier alpha value is -1.82. The van der Waals surface area contributed by atoms with Crippen LogP contribution in [0, 0.1) is 0 Å². The maximum absolute atomic E-state index is 6.05. The molecule has 0 aromatic carbocycles. The molecule has 2 fully saturated rings. The first-order chi connectivity index (χ1) is 11.9. The predicted octanol–water partition coefficient (Wildman–Crippen LogP) is 1.95. The second kappa shape index (κ2) is 7.38. The third kappa shape index (κ3) is 3.64. The summed E-state index contributed by atoms with van der Waals surface area (Å²) < 4.78 is 6.05. The van der Waals surface area contributed by atoms with Crippen molar-refractivity contribution in [1.82, 2.24) is 19.8 Å². The van der Waals surface area contributed by atoms with E-state index in [0.717, 1.165) is 51.4 Å². The molecule has 5 heteroatoms. The molecule has 2 atom stereocenters. The first kappa shape index (κ1) is 15.7. The maximum Gasteiger partial charge on any atom is 0.0755 e. The van der Waals surface area contributed by atoms with Crippen molar-refractivity contribution >= 4 is 0 Å². The van der Waals surface area contributed by atoms with Crippen LogP contribution < -0.4 is 0 Å². The van der Waals surface area contributed by atoms with E-state index in [1.807, 2.05) is 24.7 Å². The van der Waals surface area contributed by atoms with Crippen molar-refractivity contribution in [3.63, 3.8) is 0 Å². The van der Waals surface area contributed by atoms with E-state index in [4.69, 9.17) is 4.74 Å². The lowest BCUT2D eigenvalue weighted by Gasteiger charge is -2.47. The van der Waals surface area contributed by atoms with Gasteiger partial charge in [0.25, 0.3) is 0 Å². The molecule has 5 nitrogen and oxygen atoms in total.